The quantitative estimate of drug-likeness (QED) is 0.560. The molecule has 1 heterocycles. The van der Waals surface area contributed by atoms with E-state index in [1.165, 1.54) is 0 Å². The van der Waals surface area contributed by atoms with Crippen molar-refractivity contribution in [3.8, 4) is 0 Å². The molecule has 1 aliphatic rings. The normalized spacial score (nSPS) is 32.1. The Labute approximate surface area is 58.8 Å². The number of alkyl halides is 2. The smallest absolute Gasteiger partial charge is 0.254 e. The van der Waals surface area contributed by atoms with Gasteiger partial charge in [-0.05, 0) is 0 Å². The summed E-state index contributed by atoms with van der Waals surface area (Å²) in [6.07, 6.45) is -0.0745. The second kappa shape index (κ2) is 2.80. The Bertz CT molecular complexity index is 116. The van der Waals surface area contributed by atoms with Crippen molar-refractivity contribution < 1.29 is 8.78 Å². The van der Waals surface area contributed by atoms with Gasteiger partial charge in [0, 0.05) is 32.0 Å². The van der Waals surface area contributed by atoms with E-state index in [2.05, 4.69) is 5.32 Å². The van der Waals surface area contributed by atoms with E-state index in [4.69, 9.17) is 5.73 Å². The molecule has 0 spiro atoms. The van der Waals surface area contributed by atoms with E-state index >= 15 is 0 Å². The first-order valence-corrected chi connectivity index (χ1v) is 3.45. The molecule has 0 aromatic rings. The maximum Gasteiger partial charge on any atom is 0.254 e. The zero-order valence-corrected chi connectivity index (χ0v) is 5.74. The summed E-state index contributed by atoms with van der Waals surface area (Å²) < 4.78 is 25.5. The lowest BCUT2D eigenvalue weighted by atomic mass is 9.95. The van der Waals surface area contributed by atoms with Gasteiger partial charge in [-0.3, -0.25) is 0 Å². The Morgan fingerprint density at radius 1 is 1.60 bits per heavy atom. The van der Waals surface area contributed by atoms with Crippen LogP contribution in [-0.4, -0.2) is 25.6 Å². The lowest BCUT2D eigenvalue weighted by Crippen LogP contribution is -2.47. The zero-order chi connectivity index (χ0) is 7.61. The van der Waals surface area contributed by atoms with Crippen LogP contribution in [0.1, 0.15) is 6.42 Å². The van der Waals surface area contributed by atoms with Crippen molar-refractivity contribution in [2.24, 2.45) is 11.7 Å². The van der Waals surface area contributed by atoms with Gasteiger partial charge >= 0.3 is 0 Å². The van der Waals surface area contributed by atoms with Crippen LogP contribution in [0.5, 0.6) is 0 Å². The molecule has 1 rings (SSSR count). The van der Waals surface area contributed by atoms with Gasteiger partial charge in [0.1, 0.15) is 0 Å². The summed E-state index contributed by atoms with van der Waals surface area (Å²) in [4.78, 5) is 0. The van der Waals surface area contributed by atoms with Crippen LogP contribution >= 0.6 is 0 Å². The van der Waals surface area contributed by atoms with E-state index in [1.807, 2.05) is 0 Å². The number of nitrogens with two attached hydrogens (primary N) is 1. The third-order valence-corrected chi connectivity index (χ3v) is 1.91. The van der Waals surface area contributed by atoms with Crippen molar-refractivity contribution in [3.63, 3.8) is 0 Å². The zero-order valence-electron chi connectivity index (χ0n) is 5.74. The van der Waals surface area contributed by atoms with E-state index in [-0.39, 0.29) is 13.0 Å². The average molecular weight is 150 g/mol. The largest absolute Gasteiger partial charge is 0.330 e. The van der Waals surface area contributed by atoms with E-state index in [9.17, 15) is 8.78 Å². The summed E-state index contributed by atoms with van der Waals surface area (Å²) >= 11 is 0. The monoisotopic (exact) mass is 150 g/mol. The minimum absolute atomic E-state index is 0.0694. The maximum atomic E-state index is 12.7. The second-order valence-electron chi connectivity index (χ2n) is 2.65. The fourth-order valence-electron chi connectivity index (χ4n) is 1.14. The van der Waals surface area contributed by atoms with Gasteiger partial charge in [-0.1, -0.05) is 0 Å². The molecule has 0 bridgehead atoms. The first-order chi connectivity index (χ1) is 4.67. The van der Waals surface area contributed by atoms with E-state index in [0.29, 0.717) is 13.1 Å². The molecule has 60 valence electrons. The van der Waals surface area contributed by atoms with Crippen LogP contribution in [0.4, 0.5) is 8.78 Å². The SMILES string of the molecule is NCC1CNCCC1(F)F. The van der Waals surface area contributed by atoms with Crippen molar-refractivity contribution in [3.05, 3.63) is 0 Å². The van der Waals surface area contributed by atoms with Gasteiger partial charge in [-0.2, -0.15) is 0 Å². The van der Waals surface area contributed by atoms with Crippen LogP contribution in [0.15, 0.2) is 0 Å². The minimum Gasteiger partial charge on any atom is -0.330 e. The molecule has 0 radical (unpaired) electrons. The van der Waals surface area contributed by atoms with Gasteiger partial charge in [-0.15, -0.1) is 0 Å². The minimum atomic E-state index is -2.54. The Kier molecular flexibility index (Phi) is 2.21. The highest BCUT2D eigenvalue weighted by atomic mass is 19.3. The van der Waals surface area contributed by atoms with Gasteiger partial charge < -0.3 is 11.1 Å². The Morgan fingerprint density at radius 3 is 2.70 bits per heavy atom. The van der Waals surface area contributed by atoms with E-state index < -0.39 is 11.8 Å². The van der Waals surface area contributed by atoms with Crippen molar-refractivity contribution in [1.29, 1.82) is 0 Å². The lowest BCUT2D eigenvalue weighted by Gasteiger charge is -2.30. The lowest BCUT2D eigenvalue weighted by molar-refractivity contribution is -0.0742. The third-order valence-electron chi connectivity index (χ3n) is 1.91. The second-order valence-corrected chi connectivity index (χ2v) is 2.65. The predicted molar refractivity (Wildman–Crippen MR) is 35.0 cm³/mol. The molecule has 0 aliphatic carbocycles. The molecular formula is C6H12F2N2. The number of hydrogen-bond donors (Lipinski definition) is 2. The summed E-state index contributed by atoms with van der Waals surface area (Å²) in [6.45, 7) is 0.826. The molecule has 0 saturated carbocycles. The highest BCUT2D eigenvalue weighted by molar-refractivity contribution is 4.84. The molecule has 0 amide bonds. The molecule has 3 N–H and O–H groups in total. The number of rotatable bonds is 1. The molecule has 1 aliphatic heterocycles. The number of halogens is 2. The summed E-state index contributed by atoms with van der Waals surface area (Å²) in [5.74, 6) is -3.21. The fourth-order valence-corrected chi connectivity index (χ4v) is 1.14. The van der Waals surface area contributed by atoms with Crippen molar-refractivity contribution >= 4 is 0 Å². The van der Waals surface area contributed by atoms with Gasteiger partial charge in [0.15, 0.2) is 0 Å². The first kappa shape index (κ1) is 7.88. The number of nitrogens with one attached hydrogen (secondary N) is 1. The van der Waals surface area contributed by atoms with Gasteiger partial charge in [0.05, 0.1) is 0 Å². The Morgan fingerprint density at radius 2 is 2.30 bits per heavy atom. The summed E-state index contributed by atoms with van der Waals surface area (Å²) in [6, 6.07) is 0. The Hall–Kier alpha value is -0.220. The highest BCUT2D eigenvalue weighted by Gasteiger charge is 2.40. The van der Waals surface area contributed by atoms with Crippen molar-refractivity contribution in [2.75, 3.05) is 19.6 Å². The van der Waals surface area contributed by atoms with Crippen LogP contribution < -0.4 is 11.1 Å². The topological polar surface area (TPSA) is 38.0 Å². The molecule has 10 heavy (non-hydrogen) atoms. The van der Waals surface area contributed by atoms with Gasteiger partial charge in [-0.25, -0.2) is 8.78 Å². The van der Waals surface area contributed by atoms with Gasteiger partial charge in [0.25, 0.3) is 5.92 Å². The van der Waals surface area contributed by atoms with E-state index in [0.717, 1.165) is 0 Å². The fraction of sp³-hybridized carbons (Fsp3) is 1.00. The van der Waals surface area contributed by atoms with Crippen LogP contribution in [0.2, 0.25) is 0 Å². The molecule has 2 nitrogen and oxygen atoms in total. The molecule has 1 fully saturated rings. The molecule has 1 unspecified atom stereocenters. The summed E-state index contributed by atoms with van der Waals surface area (Å²) in [5, 5.41) is 2.88. The molecule has 1 atom stereocenters. The standard InChI is InChI=1S/C6H12F2N2/c7-6(8)1-2-10-4-5(6)3-9/h5,10H,1-4,9H2. The number of piperidine rings is 1. The highest BCUT2D eigenvalue weighted by Crippen LogP contribution is 2.29. The molecule has 0 aromatic carbocycles. The maximum absolute atomic E-state index is 12.7. The van der Waals surface area contributed by atoms with Crippen LogP contribution in [-0.2, 0) is 0 Å². The van der Waals surface area contributed by atoms with Crippen molar-refractivity contribution in [1.82, 2.24) is 5.32 Å². The third kappa shape index (κ3) is 1.44. The van der Waals surface area contributed by atoms with Crippen LogP contribution in [0.25, 0.3) is 0 Å². The molecule has 1 saturated heterocycles. The Balaban J connectivity index is 2.51. The molecular weight excluding hydrogens is 138 g/mol. The predicted octanol–water partition coefficient (Wildman–Crippen LogP) is 0.190. The number of hydrogen-bond acceptors (Lipinski definition) is 2. The summed E-state index contributed by atoms with van der Waals surface area (Å²) in [7, 11) is 0. The van der Waals surface area contributed by atoms with Crippen LogP contribution in [0, 0.1) is 5.92 Å². The summed E-state index contributed by atoms with van der Waals surface area (Å²) in [5.41, 5.74) is 5.16. The molecule has 0 aromatic heterocycles. The van der Waals surface area contributed by atoms with Gasteiger partial charge in [0.2, 0.25) is 0 Å². The van der Waals surface area contributed by atoms with Crippen molar-refractivity contribution in [2.45, 2.75) is 12.3 Å². The first-order valence-electron chi connectivity index (χ1n) is 3.45. The molecule has 4 heteroatoms. The van der Waals surface area contributed by atoms with Crippen LogP contribution in [0.3, 0.4) is 0 Å². The van der Waals surface area contributed by atoms with E-state index in [1.54, 1.807) is 0 Å². The average Bonchev–Trinajstić information content (AvgIpc) is 1.87.